The van der Waals surface area contributed by atoms with Gasteiger partial charge in [0, 0.05) is 18.2 Å². The van der Waals surface area contributed by atoms with Gasteiger partial charge in [-0.3, -0.25) is 0 Å². The third-order valence-corrected chi connectivity index (χ3v) is 2.84. The molecule has 0 unspecified atom stereocenters. The highest BCUT2D eigenvalue weighted by atomic mass is 19.1. The third kappa shape index (κ3) is 2.26. The molecule has 4 heteroatoms. The lowest BCUT2D eigenvalue weighted by molar-refractivity contribution is 0.578. The van der Waals surface area contributed by atoms with Crippen LogP contribution in [0.25, 0.3) is 0 Å². The number of nitrogens with two attached hydrogens (primary N) is 1. The molecule has 1 fully saturated rings. The molecule has 0 heterocycles. The zero-order chi connectivity index (χ0) is 10.8. The van der Waals surface area contributed by atoms with Crippen LogP contribution in [0.2, 0.25) is 0 Å². The largest absolute Gasteiger partial charge is 0.378 e. The number of nitrogens with one attached hydrogen (secondary N) is 1. The minimum absolute atomic E-state index is 0.0643. The second-order valence-electron chi connectivity index (χ2n) is 3.97. The molecule has 2 atom stereocenters. The fourth-order valence-electron chi connectivity index (χ4n) is 1.97. The summed E-state index contributed by atoms with van der Waals surface area (Å²) in [4.78, 5) is 0. The number of anilines is 1. The van der Waals surface area contributed by atoms with Gasteiger partial charge >= 0.3 is 0 Å². The van der Waals surface area contributed by atoms with Gasteiger partial charge in [0.1, 0.15) is 11.6 Å². The van der Waals surface area contributed by atoms with Crippen LogP contribution in [0, 0.1) is 11.6 Å². The summed E-state index contributed by atoms with van der Waals surface area (Å²) >= 11 is 0. The first-order valence-corrected chi connectivity index (χ1v) is 5.14. The highest BCUT2D eigenvalue weighted by molar-refractivity contribution is 5.46. The maximum Gasteiger partial charge on any atom is 0.149 e. The fraction of sp³-hybridized carbons (Fsp3) is 0.455. The molecule has 2 rings (SSSR count). The van der Waals surface area contributed by atoms with Crippen molar-refractivity contribution in [1.29, 1.82) is 0 Å². The quantitative estimate of drug-likeness (QED) is 0.789. The van der Waals surface area contributed by atoms with Crippen molar-refractivity contribution in [3.05, 3.63) is 29.8 Å². The standard InChI is InChI=1S/C11H14F2N2/c12-7-4-5-10(8(13)6-7)15-11-3-1-2-9(11)14/h4-6,9,11,15H,1-3,14H2/t9-,11+/m1/s1. The normalized spacial score (nSPS) is 25.5. The lowest BCUT2D eigenvalue weighted by Gasteiger charge is -2.18. The number of hydrogen-bond donors (Lipinski definition) is 2. The van der Waals surface area contributed by atoms with E-state index in [4.69, 9.17) is 5.73 Å². The van der Waals surface area contributed by atoms with Gasteiger partial charge in [0.15, 0.2) is 0 Å². The van der Waals surface area contributed by atoms with Crippen molar-refractivity contribution in [1.82, 2.24) is 0 Å². The average Bonchev–Trinajstić information content (AvgIpc) is 2.57. The van der Waals surface area contributed by atoms with E-state index in [1.807, 2.05) is 0 Å². The summed E-state index contributed by atoms with van der Waals surface area (Å²) in [5.74, 6) is -1.12. The maximum atomic E-state index is 13.3. The van der Waals surface area contributed by atoms with E-state index in [2.05, 4.69) is 5.32 Å². The topological polar surface area (TPSA) is 38.0 Å². The molecule has 0 amide bonds. The lowest BCUT2D eigenvalue weighted by Crippen LogP contribution is -2.35. The van der Waals surface area contributed by atoms with Crippen LogP contribution in [-0.2, 0) is 0 Å². The Kier molecular flexibility index (Phi) is 2.86. The van der Waals surface area contributed by atoms with Gasteiger partial charge in [-0.05, 0) is 31.4 Å². The Labute approximate surface area is 87.5 Å². The van der Waals surface area contributed by atoms with E-state index in [0.717, 1.165) is 25.3 Å². The van der Waals surface area contributed by atoms with Crippen LogP contribution in [0.3, 0.4) is 0 Å². The zero-order valence-corrected chi connectivity index (χ0v) is 8.34. The molecule has 1 aromatic rings. The van der Waals surface area contributed by atoms with Gasteiger partial charge in [-0.15, -0.1) is 0 Å². The van der Waals surface area contributed by atoms with Crippen LogP contribution in [0.1, 0.15) is 19.3 Å². The Morgan fingerprint density at radius 1 is 1.27 bits per heavy atom. The third-order valence-electron chi connectivity index (χ3n) is 2.84. The Bertz CT molecular complexity index is 354. The molecule has 0 spiro atoms. The first-order chi connectivity index (χ1) is 7.16. The highest BCUT2D eigenvalue weighted by Gasteiger charge is 2.24. The number of hydrogen-bond acceptors (Lipinski definition) is 2. The number of rotatable bonds is 2. The van der Waals surface area contributed by atoms with Crippen molar-refractivity contribution in [2.24, 2.45) is 5.73 Å². The summed E-state index contributed by atoms with van der Waals surface area (Å²) in [7, 11) is 0. The minimum atomic E-state index is -0.561. The molecule has 3 N–H and O–H groups in total. The van der Waals surface area contributed by atoms with E-state index in [0.29, 0.717) is 5.69 Å². The lowest BCUT2D eigenvalue weighted by atomic mass is 10.1. The predicted octanol–water partition coefficient (Wildman–Crippen LogP) is 2.26. The van der Waals surface area contributed by atoms with Crippen LogP contribution in [0.5, 0.6) is 0 Å². The van der Waals surface area contributed by atoms with Crippen LogP contribution in [0.4, 0.5) is 14.5 Å². The Morgan fingerprint density at radius 3 is 2.67 bits per heavy atom. The van der Waals surface area contributed by atoms with E-state index in [1.165, 1.54) is 12.1 Å². The summed E-state index contributed by atoms with van der Waals surface area (Å²) in [5.41, 5.74) is 6.18. The second-order valence-corrected chi connectivity index (χ2v) is 3.97. The molecule has 0 aromatic heterocycles. The van der Waals surface area contributed by atoms with Crippen molar-refractivity contribution < 1.29 is 8.78 Å². The van der Waals surface area contributed by atoms with E-state index in [-0.39, 0.29) is 12.1 Å². The summed E-state index contributed by atoms with van der Waals surface area (Å²) in [6.07, 6.45) is 2.96. The minimum Gasteiger partial charge on any atom is -0.378 e. The fourth-order valence-corrected chi connectivity index (χ4v) is 1.97. The number of benzene rings is 1. The summed E-state index contributed by atoms with van der Waals surface area (Å²) < 4.78 is 25.9. The smallest absolute Gasteiger partial charge is 0.149 e. The molecule has 0 radical (unpaired) electrons. The van der Waals surface area contributed by atoms with Gasteiger partial charge in [0.05, 0.1) is 5.69 Å². The van der Waals surface area contributed by atoms with Crippen LogP contribution in [-0.4, -0.2) is 12.1 Å². The van der Waals surface area contributed by atoms with E-state index >= 15 is 0 Å². The predicted molar refractivity (Wildman–Crippen MR) is 55.6 cm³/mol. The molecule has 15 heavy (non-hydrogen) atoms. The molecule has 1 aliphatic carbocycles. The van der Waals surface area contributed by atoms with Crippen molar-refractivity contribution in [2.75, 3.05) is 5.32 Å². The molecule has 0 saturated heterocycles. The van der Waals surface area contributed by atoms with Gasteiger partial charge in [-0.2, -0.15) is 0 Å². The summed E-state index contributed by atoms with van der Waals surface area (Å²) in [6, 6.07) is 3.70. The van der Waals surface area contributed by atoms with Gasteiger partial charge in [-0.1, -0.05) is 0 Å². The van der Waals surface area contributed by atoms with Gasteiger partial charge in [0.2, 0.25) is 0 Å². The number of halogens is 2. The average molecular weight is 212 g/mol. The van der Waals surface area contributed by atoms with Crippen LogP contribution >= 0.6 is 0 Å². The Balaban J connectivity index is 2.10. The Morgan fingerprint density at radius 2 is 2.07 bits per heavy atom. The highest BCUT2D eigenvalue weighted by Crippen LogP contribution is 2.23. The molecule has 2 nitrogen and oxygen atoms in total. The molecular weight excluding hydrogens is 198 g/mol. The van der Waals surface area contributed by atoms with Crippen molar-refractivity contribution >= 4 is 5.69 Å². The summed E-state index contributed by atoms with van der Waals surface area (Å²) in [5, 5.41) is 3.02. The monoisotopic (exact) mass is 212 g/mol. The molecule has 1 aromatic carbocycles. The Hall–Kier alpha value is -1.16. The molecule has 0 bridgehead atoms. The molecule has 0 aliphatic heterocycles. The van der Waals surface area contributed by atoms with E-state index in [1.54, 1.807) is 0 Å². The first-order valence-electron chi connectivity index (χ1n) is 5.14. The van der Waals surface area contributed by atoms with Gasteiger partial charge in [-0.25, -0.2) is 8.78 Å². The van der Waals surface area contributed by atoms with Crippen molar-refractivity contribution in [3.8, 4) is 0 Å². The molecule has 82 valence electrons. The maximum absolute atomic E-state index is 13.3. The first kappa shape index (κ1) is 10.4. The summed E-state index contributed by atoms with van der Waals surface area (Å²) in [6.45, 7) is 0. The van der Waals surface area contributed by atoms with Crippen molar-refractivity contribution in [2.45, 2.75) is 31.3 Å². The SMILES string of the molecule is N[C@@H]1CCC[C@@H]1Nc1ccc(F)cc1F. The van der Waals surface area contributed by atoms with Crippen LogP contribution in [0.15, 0.2) is 18.2 Å². The van der Waals surface area contributed by atoms with Crippen LogP contribution < -0.4 is 11.1 Å². The van der Waals surface area contributed by atoms with Gasteiger partial charge < -0.3 is 11.1 Å². The van der Waals surface area contributed by atoms with Gasteiger partial charge in [0.25, 0.3) is 0 Å². The van der Waals surface area contributed by atoms with E-state index < -0.39 is 11.6 Å². The second kappa shape index (κ2) is 4.14. The van der Waals surface area contributed by atoms with Crippen molar-refractivity contribution in [3.63, 3.8) is 0 Å². The molecule has 1 aliphatic rings. The molecular formula is C11H14F2N2. The van der Waals surface area contributed by atoms with E-state index in [9.17, 15) is 8.78 Å². The molecule has 1 saturated carbocycles. The zero-order valence-electron chi connectivity index (χ0n) is 8.34.